The van der Waals surface area contributed by atoms with Gasteiger partial charge in [-0.15, -0.1) is 22.7 Å². The van der Waals surface area contributed by atoms with Crippen LogP contribution in [0, 0.1) is 5.82 Å². The highest BCUT2D eigenvalue weighted by atomic mass is 35.5. The highest BCUT2D eigenvalue weighted by molar-refractivity contribution is 7.30. The molecule has 0 aromatic carbocycles. The molecule has 0 aliphatic carbocycles. The average molecular weight is 237 g/mol. The van der Waals surface area contributed by atoms with Crippen molar-refractivity contribution in [1.29, 1.82) is 0 Å². The number of carboxylic acid groups (broad SMARTS) is 1. The van der Waals surface area contributed by atoms with E-state index in [1.165, 1.54) is 6.07 Å². The molecule has 0 fully saturated rings. The smallest absolute Gasteiger partial charge is 0.345 e. The van der Waals surface area contributed by atoms with E-state index in [-0.39, 0.29) is 9.21 Å². The fraction of sp³-hybridized carbons (Fsp3) is 0. The molecule has 0 radical (unpaired) electrons. The molecule has 0 atom stereocenters. The quantitative estimate of drug-likeness (QED) is 0.823. The number of aromatic carboxylic acids is 1. The van der Waals surface area contributed by atoms with Crippen molar-refractivity contribution in [2.24, 2.45) is 0 Å². The zero-order chi connectivity index (χ0) is 9.59. The lowest BCUT2D eigenvalue weighted by Crippen LogP contribution is -1.89. The topological polar surface area (TPSA) is 37.3 Å². The molecular formula is C7H2ClFO2S2. The summed E-state index contributed by atoms with van der Waals surface area (Å²) < 4.78 is 14.1. The van der Waals surface area contributed by atoms with Gasteiger partial charge in [-0.3, -0.25) is 0 Å². The highest BCUT2D eigenvalue weighted by Gasteiger charge is 2.16. The first kappa shape index (κ1) is 8.93. The summed E-state index contributed by atoms with van der Waals surface area (Å²) in [5, 5.41) is 8.62. The molecule has 0 spiro atoms. The van der Waals surface area contributed by atoms with Gasteiger partial charge in [0, 0.05) is 0 Å². The second-order valence-corrected chi connectivity index (χ2v) is 5.01. The van der Waals surface area contributed by atoms with Gasteiger partial charge in [-0.25, -0.2) is 9.18 Å². The highest BCUT2D eigenvalue weighted by Crippen LogP contribution is 2.38. The Morgan fingerprint density at radius 2 is 2.23 bits per heavy atom. The molecule has 0 aliphatic heterocycles. The van der Waals surface area contributed by atoms with Gasteiger partial charge in [-0.05, 0) is 6.07 Å². The Labute approximate surface area is 85.2 Å². The normalized spacial score (nSPS) is 10.9. The van der Waals surface area contributed by atoms with Gasteiger partial charge in [0.2, 0.25) is 0 Å². The van der Waals surface area contributed by atoms with Crippen LogP contribution in [0.1, 0.15) is 9.67 Å². The number of thiophene rings is 2. The number of carbonyl (C=O) groups is 1. The maximum atomic E-state index is 13.1. The number of halogens is 2. The Morgan fingerprint density at radius 1 is 1.54 bits per heavy atom. The molecule has 0 unspecified atom stereocenters. The molecule has 13 heavy (non-hydrogen) atoms. The van der Waals surface area contributed by atoms with E-state index in [9.17, 15) is 9.18 Å². The largest absolute Gasteiger partial charge is 0.477 e. The van der Waals surface area contributed by atoms with Crippen molar-refractivity contribution in [3.05, 3.63) is 21.1 Å². The van der Waals surface area contributed by atoms with Gasteiger partial charge >= 0.3 is 5.97 Å². The molecule has 0 amide bonds. The van der Waals surface area contributed by atoms with E-state index in [2.05, 4.69) is 0 Å². The van der Waals surface area contributed by atoms with Crippen LogP contribution in [0.25, 0.3) is 9.40 Å². The molecule has 0 saturated carbocycles. The summed E-state index contributed by atoms with van der Waals surface area (Å²) in [6.45, 7) is 0. The summed E-state index contributed by atoms with van der Waals surface area (Å²) in [6.07, 6.45) is 0. The standard InChI is InChI=1S/C7H2ClFO2S2/c8-6-4(9)5-2(13-6)1-3(12-5)7(10)11/h1H,(H,10,11). The van der Waals surface area contributed by atoms with E-state index < -0.39 is 11.8 Å². The van der Waals surface area contributed by atoms with E-state index in [1.807, 2.05) is 0 Å². The van der Waals surface area contributed by atoms with E-state index in [0.29, 0.717) is 9.40 Å². The van der Waals surface area contributed by atoms with Crippen LogP contribution in [0.4, 0.5) is 4.39 Å². The van der Waals surface area contributed by atoms with Crippen LogP contribution < -0.4 is 0 Å². The zero-order valence-corrected chi connectivity index (χ0v) is 8.39. The monoisotopic (exact) mass is 236 g/mol. The van der Waals surface area contributed by atoms with Crippen molar-refractivity contribution >= 4 is 49.6 Å². The first-order chi connectivity index (χ1) is 6.09. The summed E-state index contributed by atoms with van der Waals surface area (Å²) in [5.41, 5.74) is 0. The van der Waals surface area contributed by atoms with E-state index >= 15 is 0 Å². The third kappa shape index (κ3) is 1.33. The lowest BCUT2D eigenvalue weighted by atomic mass is 10.4. The van der Waals surface area contributed by atoms with Crippen molar-refractivity contribution in [1.82, 2.24) is 0 Å². The molecule has 6 heteroatoms. The van der Waals surface area contributed by atoms with Gasteiger partial charge in [0.1, 0.15) is 9.21 Å². The van der Waals surface area contributed by atoms with Gasteiger partial charge in [-0.1, -0.05) is 11.6 Å². The molecule has 2 heterocycles. The van der Waals surface area contributed by atoms with Crippen molar-refractivity contribution in [2.75, 3.05) is 0 Å². The maximum absolute atomic E-state index is 13.1. The van der Waals surface area contributed by atoms with Crippen LogP contribution in [0.3, 0.4) is 0 Å². The van der Waals surface area contributed by atoms with Crippen LogP contribution in [0.5, 0.6) is 0 Å². The van der Waals surface area contributed by atoms with Crippen molar-refractivity contribution in [2.45, 2.75) is 0 Å². The minimum Gasteiger partial charge on any atom is -0.477 e. The fourth-order valence-electron chi connectivity index (χ4n) is 0.939. The van der Waals surface area contributed by atoms with Crippen LogP contribution in [-0.2, 0) is 0 Å². The van der Waals surface area contributed by atoms with Crippen molar-refractivity contribution in [3.8, 4) is 0 Å². The summed E-state index contributed by atoms with van der Waals surface area (Å²) in [5.74, 6) is -1.55. The Kier molecular flexibility index (Phi) is 2.02. The second kappa shape index (κ2) is 2.94. The summed E-state index contributed by atoms with van der Waals surface area (Å²) in [6, 6.07) is 1.43. The number of rotatable bonds is 1. The van der Waals surface area contributed by atoms with Crippen LogP contribution in [0.2, 0.25) is 4.34 Å². The first-order valence-corrected chi connectivity index (χ1v) is 5.21. The molecule has 0 aliphatic rings. The minimum absolute atomic E-state index is 0.0817. The zero-order valence-electron chi connectivity index (χ0n) is 6.01. The second-order valence-electron chi connectivity index (χ2n) is 2.30. The van der Waals surface area contributed by atoms with Gasteiger partial charge < -0.3 is 5.11 Å². The number of hydrogen-bond donors (Lipinski definition) is 1. The minimum atomic E-state index is -1.04. The molecule has 68 valence electrons. The molecular weight excluding hydrogens is 235 g/mol. The van der Waals surface area contributed by atoms with E-state index in [4.69, 9.17) is 16.7 Å². The predicted octanol–water partition coefficient (Wildman–Crippen LogP) is 3.45. The molecule has 0 saturated heterocycles. The molecule has 2 aromatic rings. The summed E-state index contributed by atoms with van der Waals surface area (Å²) in [7, 11) is 0. The lowest BCUT2D eigenvalue weighted by Gasteiger charge is -1.82. The fourth-order valence-corrected chi connectivity index (χ4v) is 3.31. The van der Waals surface area contributed by atoms with Crippen LogP contribution in [0.15, 0.2) is 6.07 Å². The number of fused-ring (bicyclic) bond motifs is 1. The SMILES string of the molecule is O=C(O)c1cc2sc(Cl)c(F)c2s1. The summed E-state index contributed by atoms with van der Waals surface area (Å²) >= 11 is 7.49. The number of hydrogen-bond acceptors (Lipinski definition) is 3. The molecule has 2 nitrogen and oxygen atoms in total. The number of carboxylic acids is 1. The molecule has 1 N–H and O–H groups in total. The molecule has 2 rings (SSSR count). The molecule has 2 aromatic heterocycles. The van der Waals surface area contributed by atoms with Gasteiger partial charge in [-0.2, -0.15) is 0 Å². The van der Waals surface area contributed by atoms with Crippen molar-refractivity contribution in [3.63, 3.8) is 0 Å². The Morgan fingerprint density at radius 3 is 2.77 bits per heavy atom. The van der Waals surface area contributed by atoms with Crippen molar-refractivity contribution < 1.29 is 14.3 Å². The average Bonchev–Trinajstić information content (AvgIpc) is 2.55. The lowest BCUT2D eigenvalue weighted by molar-refractivity contribution is 0.0702. The third-order valence-corrected chi connectivity index (χ3v) is 4.02. The van der Waals surface area contributed by atoms with Crippen LogP contribution in [-0.4, -0.2) is 11.1 Å². The maximum Gasteiger partial charge on any atom is 0.345 e. The van der Waals surface area contributed by atoms with Crippen LogP contribution >= 0.6 is 34.3 Å². The third-order valence-electron chi connectivity index (χ3n) is 1.48. The first-order valence-electron chi connectivity index (χ1n) is 3.20. The van der Waals surface area contributed by atoms with E-state index in [1.54, 1.807) is 0 Å². The summed E-state index contributed by atoms with van der Waals surface area (Å²) in [4.78, 5) is 10.7. The van der Waals surface area contributed by atoms with Gasteiger partial charge in [0.15, 0.2) is 5.82 Å². The van der Waals surface area contributed by atoms with Gasteiger partial charge in [0.05, 0.1) is 9.40 Å². The van der Waals surface area contributed by atoms with E-state index in [0.717, 1.165) is 22.7 Å². The predicted molar refractivity (Wildman–Crippen MR) is 51.6 cm³/mol. The Balaban J connectivity index is 2.72. The molecule has 0 bridgehead atoms. The van der Waals surface area contributed by atoms with Gasteiger partial charge in [0.25, 0.3) is 0 Å². The Hall–Kier alpha value is -0.650. The Bertz CT molecular complexity index is 488.